The number of halogens is 1. The number of carbonyl (C=O) groups is 1. The van der Waals surface area contributed by atoms with E-state index in [0.717, 1.165) is 0 Å². The van der Waals surface area contributed by atoms with Crippen molar-refractivity contribution >= 4 is 23.3 Å². The molecule has 0 bridgehead atoms. The van der Waals surface area contributed by atoms with Gasteiger partial charge in [0.05, 0.1) is 16.6 Å². The minimum atomic E-state index is -0.569. The highest BCUT2D eigenvalue weighted by Crippen LogP contribution is 2.24. The molecule has 5 nitrogen and oxygen atoms in total. The first-order valence-electron chi connectivity index (χ1n) is 5.13. The number of nitrogens with zero attached hydrogens (tertiary/aromatic N) is 1. The Labute approximate surface area is 109 Å². The van der Waals surface area contributed by atoms with Crippen molar-refractivity contribution in [1.82, 2.24) is 0 Å². The van der Waals surface area contributed by atoms with Crippen LogP contribution in [0.5, 0.6) is 0 Å². The SMILES string of the molecule is CCOC(=O)CC#Cc1c(Cl)cccc1[N+](=O)[O-]. The number of ether oxygens (including phenoxy) is 1. The normalized spacial score (nSPS) is 9.22. The third kappa shape index (κ3) is 3.75. The fraction of sp³-hybridized carbons (Fsp3) is 0.250. The average molecular weight is 268 g/mol. The van der Waals surface area contributed by atoms with Crippen molar-refractivity contribution < 1.29 is 14.5 Å². The summed E-state index contributed by atoms with van der Waals surface area (Å²) in [6.07, 6.45) is -0.129. The number of benzene rings is 1. The van der Waals surface area contributed by atoms with Gasteiger partial charge in [-0.3, -0.25) is 14.9 Å². The fourth-order valence-electron chi connectivity index (χ4n) is 1.21. The second kappa shape index (κ2) is 6.62. The summed E-state index contributed by atoms with van der Waals surface area (Å²) < 4.78 is 4.68. The van der Waals surface area contributed by atoms with E-state index in [4.69, 9.17) is 11.6 Å². The van der Waals surface area contributed by atoms with Crippen LogP contribution in [-0.4, -0.2) is 17.5 Å². The van der Waals surface area contributed by atoms with Gasteiger partial charge in [-0.1, -0.05) is 29.5 Å². The molecule has 0 saturated heterocycles. The average Bonchev–Trinajstić information content (AvgIpc) is 2.31. The maximum absolute atomic E-state index is 11.0. The lowest BCUT2D eigenvalue weighted by atomic mass is 10.2. The van der Waals surface area contributed by atoms with E-state index < -0.39 is 10.9 Å². The predicted octanol–water partition coefficient (Wildman–Crippen LogP) is 2.55. The Hall–Kier alpha value is -2.06. The summed E-state index contributed by atoms with van der Waals surface area (Å²) >= 11 is 5.83. The summed E-state index contributed by atoms with van der Waals surface area (Å²) in [6.45, 7) is 1.96. The second-order valence-electron chi connectivity index (χ2n) is 3.17. The smallest absolute Gasteiger partial charge is 0.317 e. The maximum atomic E-state index is 11.0. The molecule has 0 aliphatic carbocycles. The fourth-order valence-corrected chi connectivity index (χ4v) is 1.42. The molecule has 0 unspecified atom stereocenters. The lowest BCUT2D eigenvalue weighted by Crippen LogP contribution is -2.01. The summed E-state index contributed by atoms with van der Waals surface area (Å²) in [5, 5.41) is 10.9. The molecule has 1 rings (SSSR count). The quantitative estimate of drug-likeness (QED) is 0.365. The highest BCUT2D eigenvalue weighted by molar-refractivity contribution is 6.32. The van der Waals surface area contributed by atoms with Gasteiger partial charge in [0.1, 0.15) is 12.0 Å². The molecule has 6 heteroatoms. The van der Waals surface area contributed by atoms with Gasteiger partial charge in [-0.2, -0.15) is 0 Å². The summed E-state index contributed by atoms with van der Waals surface area (Å²) in [4.78, 5) is 21.2. The monoisotopic (exact) mass is 267 g/mol. The van der Waals surface area contributed by atoms with Crippen molar-refractivity contribution in [2.45, 2.75) is 13.3 Å². The van der Waals surface area contributed by atoms with Crippen molar-refractivity contribution in [2.75, 3.05) is 6.61 Å². The zero-order chi connectivity index (χ0) is 13.5. The van der Waals surface area contributed by atoms with Crippen LogP contribution in [0, 0.1) is 22.0 Å². The van der Waals surface area contributed by atoms with Crippen molar-refractivity contribution in [3.05, 3.63) is 38.9 Å². The first-order valence-corrected chi connectivity index (χ1v) is 5.51. The molecule has 0 aromatic heterocycles. The van der Waals surface area contributed by atoms with Gasteiger partial charge >= 0.3 is 5.97 Å². The van der Waals surface area contributed by atoms with Gasteiger partial charge in [0.25, 0.3) is 5.69 Å². The van der Waals surface area contributed by atoms with Crippen LogP contribution in [0.2, 0.25) is 5.02 Å². The zero-order valence-corrected chi connectivity index (χ0v) is 10.4. The van der Waals surface area contributed by atoms with Crippen LogP contribution < -0.4 is 0 Å². The third-order valence-electron chi connectivity index (χ3n) is 1.94. The van der Waals surface area contributed by atoms with Crippen LogP contribution >= 0.6 is 11.6 Å². The molecule has 0 aliphatic heterocycles. The van der Waals surface area contributed by atoms with E-state index in [-0.39, 0.29) is 29.3 Å². The molecule has 0 saturated carbocycles. The van der Waals surface area contributed by atoms with E-state index in [9.17, 15) is 14.9 Å². The Kier molecular flexibility index (Phi) is 5.15. The molecule has 0 aliphatic rings. The van der Waals surface area contributed by atoms with Crippen LogP contribution in [0.3, 0.4) is 0 Å². The van der Waals surface area contributed by atoms with Crippen LogP contribution in [0.1, 0.15) is 18.9 Å². The minimum absolute atomic E-state index is 0.105. The van der Waals surface area contributed by atoms with Crippen LogP contribution in [0.25, 0.3) is 0 Å². The molecule has 0 amide bonds. The number of nitro benzene ring substituents is 1. The van der Waals surface area contributed by atoms with E-state index in [0.29, 0.717) is 0 Å². The third-order valence-corrected chi connectivity index (χ3v) is 2.25. The zero-order valence-electron chi connectivity index (χ0n) is 9.60. The molecule has 94 valence electrons. The Morgan fingerprint density at radius 1 is 1.56 bits per heavy atom. The van der Waals surface area contributed by atoms with Gasteiger partial charge in [-0.05, 0) is 13.0 Å². The van der Waals surface area contributed by atoms with E-state index in [1.165, 1.54) is 18.2 Å². The lowest BCUT2D eigenvalue weighted by Gasteiger charge is -1.98. The summed E-state index contributed by atoms with van der Waals surface area (Å²) in [6, 6.07) is 4.28. The first kappa shape index (κ1) is 14.0. The van der Waals surface area contributed by atoms with Crippen molar-refractivity contribution in [3.8, 4) is 11.8 Å². The van der Waals surface area contributed by atoms with Crippen LogP contribution in [0.15, 0.2) is 18.2 Å². The molecule has 0 heterocycles. The van der Waals surface area contributed by atoms with Crippen molar-refractivity contribution in [1.29, 1.82) is 0 Å². The molecular weight excluding hydrogens is 258 g/mol. The van der Waals surface area contributed by atoms with Gasteiger partial charge in [0, 0.05) is 6.07 Å². The number of rotatable bonds is 3. The van der Waals surface area contributed by atoms with Crippen LogP contribution in [0.4, 0.5) is 5.69 Å². The molecule has 0 N–H and O–H groups in total. The molecule has 0 spiro atoms. The van der Waals surface area contributed by atoms with Crippen molar-refractivity contribution in [2.24, 2.45) is 0 Å². The molecule has 0 radical (unpaired) electrons. The number of carbonyl (C=O) groups excluding carboxylic acids is 1. The number of hydrogen-bond acceptors (Lipinski definition) is 4. The second-order valence-corrected chi connectivity index (χ2v) is 3.58. The van der Waals surface area contributed by atoms with Crippen molar-refractivity contribution in [3.63, 3.8) is 0 Å². The van der Waals surface area contributed by atoms with Gasteiger partial charge in [-0.25, -0.2) is 0 Å². The Morgan fingerprint density at radius 3 is 2.89 bits per heavy atom. The number of esters is 1. The molecular formula is C12H10ClNO4. The number of hydrogen-bond donors (Lipinski definition) is 0. The standard InChI is InChI=1S/C12H10ClNO4/c1-2-18-12(15)8-3-5-9-10(13)6-4-7-11(9)14(16)17/h4,6-7H,2,8H2,1H3. The first-order chi connectivity index (χ1) is 8.56. The van der Waals surface area contributed by atoms with E-state index in [1.807, 2.05) is 0 Å². The molecule has 0 fully saturated rings. The van der Waals surface area contributed by atoms with E-state index in [1.54, 1.807) is 6.92 Å². The van der Waals surface area contributed by atoms with E-state index in [2.05, 4.69) is 16.6 Å². The summed E-state index contributed by atoms with van der Waals surface area (Å²) in [7, 11) is 0. The Morgan fingerprint density at radius 2 is 2.28 bits per heavy atom. The lowest BCUT2D eigenvalue weighted by molar-refractivity contribution is -0.385. The topological polar surface area (TPSA) is 69.4 Å². The van der Waals surface area contributed by atoms with E-state index >= 15 is 0 Å². The van der Waals surface area contributed by atoms with Gasteiger partial charge in [0.2, 0.25) is 0 Å². The highest BCUT2D eigenvalue weighted by Gasteiger charge is 2.14. The molecule has 1 aromatic rings. The largest absolute Gasteiger partial charge is 0.465 e. The molecule has 0 atom stereocenters. The van der Waals surface area contributed by atoms with Crippen LogP contribution in [-0.2, 0) is 9.53 Å². The molecule has 1 aromatic carbocycles. The molecule has 18 heavy (non-hydrogen) atoms. The summed E-state index contributed by atoms with van der Waals surface area (Å²) in [5.41, 5.74) is -0.0766. The Balaban J connectivity index is 2.94. The van der Waals surface area contributed by atoms with Gasteiger partial charge in [-0.15, -0.1) is 0 Å². The summed E-state index contributed by atoms with van der Waals surface area (Å²) in [5.74, 6) is 4.56. The number of nitro groups is 1. The Bertz CT molecular complexity index is 531. The predicted molar refractivity (Wildman–Crippen MR) is 66.2 cm³/mol. The minimum Gasteiger partial charge on any atom is -0.465 e. The maximum Gasteiger partial charge on any atom is 0.317 e. The highest BCUT2D eigenvalue weighted by atomic mass is 35.5. The van der Waals surface area contributed by atoms with Gasteiger partial charge in [0.15, 0.2) is 0 Å². The van der Waals surface area contributed by atoms with Gasteiger partial charge < -0.3 is 4.74 Å².